The quantitative estimate of drug-likeness (QED) is 0.882. The number of benzene rings is 1. The molecular weight excluding hydrogens is 217 g/mol. The van der Waals surface area contributed by atoms with Gasteiger partial charge in [-0.3, -0.25) is 4.68 Å². The summed E-state index contributed by atoms with van der Waals surface area (Å²) in [6, 6.07) is 6.34. The topological polar surface area (TPSA) is 43.8 Å². The van der Waals surface area contributed by atoms with Crippen molar-refractivity contribution in [1.82, 2.24) is 9.78 Å². The van der Waals surface area contributed by atoms with Crippen LogP contribution in [0.2, 0.25) is 0 Å². The van der Waals surface area contributed by atoms with Gasteiger partial charge in [-0.25, -0.2) is 4.39 Å². The Morgan fingerprint density at radius 3 is 2.53 bits per heavy atom. The fraction of sp³-hybridized carbons (Fsp3) is 0.308. The molecule has 1 atom stereocenters. The summed E-state index contributed by atoms with van der Waals surface area (Å²) in [7, 11) is 1.89. The van der Waals surface area contributed by atoms with Crippen LogP contribution < -0.4 is 5.73 Å². The predicted molar refractivity (Wildman–Crippen MR) is 65.0 cm³/mol. The Labute approximate surface area is 100 Å². The van der Waals surface area contributed by atoms with Crippen molar-refractivity contribution in [3.63, 3.8) is 0 Å². The van der Waals surface area contributed by atoms with Gasteiger partial charge in [0.15, 0.2) is 0 Å². The summed E-state index contributed by atoms with van der Waals surface area (Å²) < 4.78 is 14.6. The van der Waals surface area contributed by atoms with Gasteiger partial charge in [-0.15, -0.1) is 0 Å². The molecule has 0 spiro atoms. The molecule has 90 valence electrons. The highest BCUT2D eigenvalue weighted by atomic mass is 19.1. The van der Waals surface area contributed by atoms with Gasteiger partial charge in [-0.1, -0.05) is 12.1 Å². The fourth-order valence-electron chi connectivity index (χ4n) is 1.86. The summed E-state index contributed by atoms with van der Waals surface area (Å²) in [5.41, 5.74) is 9.27. The molecule has 0 saturated carbocycles. The van der Waals surface area contributed by atoms with Crippen LogP contribution in [0, 0.1) is 12.7 Å². The second kappa shape index (κ2) is 4.67. The smallest absolute Gasteiger partial charge is 0.123 e. The van der Waals surface area contributed by atoms with Crippen molar-refractivity contribution in [2.24, 2.45) is 12.8 Å². The Balaban J connectivity index is 2.14. The summed E-state index contributed by atoms with van der Waals surface area (Å²) in [6.45, 7) is 1.99. The van der Waals surface area contributed by atoms with Gasteiger partial charge >= 0.3 is 0 Å². The Morgan fingerprint density at radius 2 is 2.00 bits per heavy atom. The van der Waals surface area contributed by atoms with E-state index >= 15 is 0 Å². The molecule has 0 amide bonds. The van der Waals surface area contributed by atoms with E-state index in [-0.39, 0.29) is 11.9 Å². The number of nitrogens with two attached hydrogens (primary N) is 1. The number of hydrogen-bond acceptors (Lipinski definition) is 2. The molecule has 0 radical (unpaired) electrons. The average molecular weight is 233 g/mol. The van der Waals surface area contributed by atoms with Gasteiger partial charge in [0.05, 0.1) is 6.20 Å². The molecule has 1 unspecified atom stereocenters. The first-order valence-electron chi connectivity index (χ1n) is 5.56. The molecule has 1 aromatic heterocycles. The maximum atomic E-state index is 12.8. The molecule has 0 aliphatic rings. The van der Waals surface area contributed by atoms with Crippen LogP contribution in [-0.2, 0) is 13.5 Å². The second-order valence-corrected chi connectivity index (χ2v) is 4.25. The maximum absolute atomic E-state index is 12.8. The zero-order valence-electron chi connectivity index (χ0n) is 10.0. The van der Waals surface area contributed by atoms with Gasteiger partial charge in [0.1, 0.15) is 5.82 Å². The van der Waals surface area contributed by atoms with Crippen molar-refractivity contribution in [2.45, 2.75) is 19.4 Å². The number of rotatable bonds is 3. The van der Waals surface area contributed by atoms with Crippen LogP contribution in [0.15, 0.2) is 30.5 Å². The molecule has 1 aromatic carbocycles. The molecule has 2 aromatic rings. The van der Waals surface area contributed by atoms with Crippen molar-refractivity contribution in [1.29, 1.82) is 0 Å². The number of hydrogen-bond donors (Lipinski definition) is 1. The molecule has 2 rings (SSSR count). The summed E-state index contributed by atoms with van der Waals surface area (Å²) in [6.07, 6.45) is 2.48. The van der Waals surface area contributed by atoms with Crippen LogP contribution in [-0.4, -0.2) is 9.78 Å². The van der Waals surface area contributed by atoms with Gasteiger partial charge < -0.3 is 5.73 Å². The first-order chi connectivity index (χ1) is 8.08. The largest absolute Gasteiger partial charge is 0.324 e. The minimum Gasteiger partial charge on any atom is -0.324 e. The van der Waals surface area contributed by atoms with Crippen LogP contribution >= 0.6 is 0 Å². The molecule has 1 heterocycles. The lowest BCUT2D eigenvalue weighted by Crippen LogP contribution is -2.14. The fourth-order valence-corrected chi connectivity index (χ4v) is 1.86. The summed E-state index contributed by atoms with van der Waals surface area (Å²) in [5.74, 6) is -0.222. The third-order valence-corrected chi connectivity index (χ3v) is 3.04. The number of aryl methyl sites for hydroxylation is 1. The van der Waals surface area contributed by atoms with E-state index in [2.05, 4.69) is 5.10 Å². The lowest BCUT2D eigenvalue weighted by Gasteiger charge is -2.11. The number of nitrogens with zero attached hydrogens (tertiary/aromatic N) is 2. The normalized spacial score (nSPS) is 12.7. The number of halogens is 1. The summed E-state index contributed by atoms with van der Waals surface area (Å²) in [4.78, 5) is 0. The van der Waals surface area contributed by atoms with E-state index in [1.165, 1.54) is 12.1 Å². The zero-order chi connectivity index (χ0) is 12.4. The van der Waals surface area contributed by atoms with Gasteiger partial charge in [0.2, 0.25) is 0 Å². The number of aromatic nitrogens is 2. The highest BCUT2D eigenvalue weighted by molar-refractivity contribution is 5.24. The molecule has 3 nitrogen and oxygen atoms in total. The molecule has 17 heavy (non-hydrogen) atoms. The maximum Gasteiger partial charge on any atom is 0.123 e. The first kappa shape index (κ1) is 11.8. The van der Waals surface area contributed by atoms with E-state index in [1.807, 2.05) is 14.0 Å². The van der Waals surface area contributed by atoms with Gasteiger partial charge in [-0.2, -0.15) is 5.10 Å². The Morgan fingerprint density at radius 1 is 1.35 bits per heavy atom. The molecule has 0 saturated heterocycles. The Kier molecular flexibility index (Phi) is 3.24. The SMILES string of the molecule is Cc1c(C(N)Cc2ccc(F)cc2)cnn1C. The summed E-state index contributed by atoms with van der Waals surface area (Å²) >= 11 is 0. The highest BCUT2D eigenvalue weighted by Gasteiger charge is 2.12. The van der Waals surface area contributed by atoms with Crippen LogP contribution in [0.1, 0.15) is 22.9 Å². The molecule has 0 aliphatic carbocycles. The lowest BCUT2D eigenvalue weighted by atomic mass is 10.0. The first-order valence-corrected chi connectivity index (χ1v) is 5.56. The minimum absolute atomic E-state index is 0.103. The molecule has 0 fully saturated rings. The third kappa shape index (κ3) is 2.53. The van der Waals surface area contributed by atoms with Crippen LogP contribution in [0.25, 0.3) is 0 Å². The lowest BCUT2D eigenvalue weighted by molar-refractivity contribution is 0.625. The second-order valence-electron chi connectivity index (χ2n) is 4.25. The molecule has 2 N–H and O–H groups in total. The van der Waals surface area contributed by atoms with E-state index in [9.17, 15) is 4.39 Å². The van der Waals surface area contributed by atoms with Crippen molar-refractivity contribution >= 4 is 0 Å². The predicted octanol–water partition coefficient (Wildman–Crippen LogP) is 2.11. The minimum atomic E-state index is -0.222. The zero-order valence-corrected chi connectivity index (χ0v) is 10.0. The van der Waals surface area contributed by atoms with Crippen LogP contribution in [0.3, 0.4) is 0 Å². The van der Waals surface area contributed by atoms with Crippen molar-refractivity contribution in [3.8, 4) is 0 Å². The Hall–Kier alpha value is -1.68. The van der Waals surface area contributed by atoms with Gasteiger partial charge in [-0.05, 0) is 31.0 Å². The van der Waals surface area contributed by atoms with Gasteiger partial charge in [0.25, 0.3) is 0 Å². The molecular formula is C13H16FN3. The van der Waals surface area contributed by atoms with Crippen molar-refractivity contribution < 1.29 is 4.39 Å². The van der Waals surface area contributed by atoms with Gasteiger partial charge in [0, 0.05) is 24.3 Å². The van der Waals surface area contributed by atoms with E-state index in [0.29, 0.717) is 6.42 Å². The van der Waals surface area contributed by atoms with E-state index in [1.54, 1.807) is 23.0 Å². The molecule has 0 aliphatic heterocycles. The monoisotopic (exact) mass is 233 g/mol. The van der Waals surface area contributed by atoms with Crippen LogP contribution in [0.5, 0.6) is 0 Å². The van der Waals surface area contributed by atoms with E-state index in [0.717, 1.165) is 16.8 Å². The van der Waals surface area contributed by atoms with Crippen molar-refractivity contribution in [2.75, 3.05) is 0 Å². The molecule has 0 bridgehead atoms. The van der Waals surface area contributed by atoms with Crippen LogP contribution in [0.4, 0.5) is 4.39 Å². The van der Waals surface area contributed by atoms with E-state index in [4.69, 9.17) is 5.73 Å². The molecule has 4 heteroatoms. The summed E-state index contributed by atoms with van der Waals surface area (Å²) in [5, 5.41) is 4.17. The average Bonchev–Trinajstić information content (AvgIpc) is 2.63. The third-order valence-electron chi connectivity index (χ3n) is 3.04. The Bertz CT molecular complexity index is 502. The van der Waals surface area contributed by atoms with Crippen molar-refractivity contribution in [3.05, 3.63) is 53.1 Å². The van der Waals surface area contributed by atoms with E-state index < -0.39 is 0 Å². The highest BCUT2D eigenvalue weighted by Crippen LogP contribution is 2.19. The standard InChI is InChI=1S/C13H16FN3/c1-9-12(8-16-17(9)2)13(15)7-10-3-5-11(14)6-4-10/h3-6,8,13H,7,15H2,1-2H3.